The molecule has 0 saturated heterocycles. The van der Waals surface area contributed by atoms with Crippen molar-refractivity contribution in [1.82, 2.24) is 20.3 Å². The third kappa shape index (κ3) is 5.18. The lowest BCUT2D eigenvalue weighted by Gasteiger charge is -2.11. The smallest absolute Gasteiger partial charge is 0.422 e. The van der Waals surface area contributed by atoms with E-state index >= 15 is 0 Å². The molecule has 0 aliphatic carbocycles. The lowest BCUT2D eigenvalue weighted by atomic mass is 10.2. The van der Waals surface area contributed by atoms with E-state index in [-0.39, 0.29) is 24.0 Å². The Bertz CT molecular complexity index is 735. The number of ether oxygens (including phenoxy) is 1. The highest BCUT2D eigenvalue weighted by Crippen LogP contribution is 2.18. The summed E-state index contributed by atoms with van der Waals surface area (Å²) in [6.45, 7) is 2.13. The van der Waals surface area contributed by atoms with Gasteiger partial charge in [0, 0.05) is 24.0 Å². The Labute approximate surface area is 136 Å². The van der Waals surface area contributed by atoms with Crippen LogP contribution in [0.3, 0.4) is 0 Å². The van der Waals surface area contributed by atoms with Gasteiger partial charge in [0.15, 0.2) is 6.61 Å². The van der Waals surface area contributed by atoms with Gasteiger partial charge < -0.3 is 10.1 Å². The first-order valence-corrected chi connectivity index (χ1v) is 6.97. The number of pyridine rings is 1. The number of hydrogen-bond acceptors (Lipinski definition) is 5. The first kappa shape index (κ1) is 17.6. The molecule has 0 spiro atoms. The molecule has 1 amide bonds. The number of carbonyl (C=O) groups excluding carboxylic acids is 1. The van der Waals surface area contributed by atoms with E-state index in [1.807, 2.05) is 0 Å². The molecule has 0 unspecified atom stereocenters. The summed E-state index contributed by atoms with van der Waals surface area (Å²) in [4.78, 5) is 23.7. The molecule has 2 aromatic rings. The summed E-state index contributed by atoms with van der Waals surface area (Å²) in [6.07, 6.45) is -3.12. The topological polar surface area (TPSA) is 77.0 Å². The normalized spacial score (nSPS) is 11.2. The van der Waals surface area contributed by atoms with Gasteiger partial charge in [-0.25, -0.2) is 15.0 Å². The largest absolute Gasteiger partial charge is 0.468 e. The minimum absolute atomic E-state index is 0.119. The molecule has 2 heterocycles. The summed E-state index contributed by atoms with van der Waals surface area (Å²) in [5.74, 6) is -0.497. The first-order chi connectivity index (χ1) is 11.2. The van der Waals surface area contributed by atoms with Crippen molar-refractivity contribution in [3.63, 3.8) is 0 Å². The monoisotopic (exact) mass is 340 g/mol. The fraction of sp³-hybridized carbons (Fsp3) is 0.333. The van der Waals surface area contributed by atoms with Crippen LogP contribution in [0, 0.1) is 13.8 Å². The molecule has 0 saturated carbocycles. The Morgan fingerprint density at radius 1 is 1.25 bits per heavy atom. The zero-order chi connectivity index (χ0) is 17.7. The number of carbonyl (C=O) groups is 1. The van der Waals surface area contributed by atoms with Gasteiger partial charge in [-0.1, -0.05) is 6.07 Å². The number of hydrogen-bond donors (Lipinski definition) is 1. The molecule has 0 aromatic carbocycles. The van der Waals surface area contributed by atoms with Crippen LogP contribution in [-0.4, -0.2) is 33.6 Å². The van der Waals surface area contributed by atoms with Gasteiger partial charge in [-0.3, -0.25) is 4.79 Å². The number of nitrogens with zero attached hydrogens (tertiary/aromatic N) is 3. The van der Waals surface area contributed by atoms with Gasteiger partial charge in [0.25, 0.3) is 5.91 Å². The van der Waals surface area contributed by atoms with Gasteiger partial charge >= 0.3 is 6.18 Å². The number of nitrogens with one attached hydrogen (secondary N) is 1. The molecule has 0 atom stereocenters. The fourth-order valence-corrected chi connectivity index (χ4v) is 1.83. The molecular formula is C15H15F3N4O2. The molecule has 128 valence electrons. The van der Waals surface area contributed by atoms with Crippen LogP contribution in [0.5, 0.6) is 5.88 Å². The number of halogens is 3. The molecule has 0 bridgehead atoms. The van der Waals surface area contributed by atoms with E-state index in [1.54, 1.807) is 26.0 Å². The van der Waals surface area contributed by atoms with E-state index in [9.17, 15) is 18.0 Å². The maximum atomic E-state index is 12.1. The first-order valence-electron chi connectivity index (χ1n) is 6.97. The molecule has 9 heteroatoms. The molecule has 1 N–H and O–H groups in total. The summed E-state index contributed by atoms with van der Waals surface area (Å²) in [7, 11) is 0. The SMILES string of the molecule is Cc1cc(C(=O)NCc2ccc(OCC(F)(F)F)nc2C)ncn1. The second kappa shape index (κ2) is 7.24. The minimum Gasteiger partial charge on any atom is -0.468 e. The summed E-state index contributed by atoms with van der Waals surface area (Å²) >= 11 is 0. The maximum absolute atomic E-state index is 12.1. The zero-order valence-electron chi connectivity index (χ0n) is 13.0. The molecule has 2 aromatic heterocycles. The molecule has 0 aliphatic rings. The standard InChI is InChI=1S/C15H15F3N4O2/c1-9-5-12(21-8-20-9)14(23)19-6-11-3-4-13(22-10(11)2)24-7-15(16,17)18/h3-5,8H,6-7H2,1-2H3,(H,19,23). The van der Waals surface area contributed by atoms with E-state index in [1.165, 1.54) is 12.4 Å². The average molecular weight is 340 g/mol. The van der Waals surface area contributed by atoms with E-state index in [2.05, 4.69) is 25.0 Å². The van der Waals surface area contributed by atoms with E-state index in [4.69, 9.17) is 0 Å². The number of aromatic nitrogens is 3. The van der Waals surface area contributed by atoms with Crippen molar-refractivity contribution in [2.75, 3.05) is 6.61 Å². The van der Waals surface area contributed by atoms with Crippen molar-refractivity contribution in [1.29, 1.82) is 0 Å². The highest BCUT2D eigenvalue weighted by atomic mass is 19.4. The minimum atomic E-state index is -4.42. The zero-order valence-corrected chi connectivity index (χ0v) is 13.0. The Balaban J connectivity index is 1.96. The van der Waals surface area contributed by atoms with Gasteiger partial charge in [-0.2, -0.15) is 13.2 Å². The van der Waals surface area contributed by atoms with Crippen LogP contribution in [0.2, 0.25) is 0 Å². The van der Waals surface area contributed by atoms with Crippen LogP contribution < -0.4 is 10.1 Å². The lowest BCUT2D eigenvalue weighted by Crippen LogP contribution is -2.24. The average Bonchev–Trinajstić information content (AvgIpc) is 2.51. The molecule has 6 nitrogen and oxygen atoms in total. The van der Waals surface area contributed by atoms with Crippen molar-refractivity contribution in [3.8, 4) is 5.88 Å². The Morgan fingerprint density at radius 2 is 2.00 bits per heavy atom. The van der Waals surface area contributed by atoms with Crippen LogP contribution in [0.1, 0.15) is 27.4 Å². The highest BCUT2D eigenvalue weighted by molar-refractivity contribution is 5.92. The van der Waals surface area contributed by atoms with Gasteiger partial charge in [0.05, 0.1) is 0 Å². The van der Waals surface area contributed by atoms with Gasteiger partial charge in [0.1, 0.15) is 12.0 Å². The number of rotatable bonds is 5. The second-order valence-electron chi connectivity index (χ2n) is 5.03. The van der Waals surface area contributed by atoms with Crippen molar-refractivity contribution < 1.29 is 22.7 Å². The van der Waals surface area contributed by atoms with Crippen molar-refractivity contribution in [2.45, 2.75) is 26.6 Å². The van der Waals surface area contributed by atoms with Crippen molar-refractivity contribution >= 4 is 5.91 Å². The van der Waals surface area contributed by atoms with Crippen LogP contribution in [0.15, 0.2) is 24.5 Å². The van der Waals surface area contributed by atoms with Crippen LogP contribution in [0.4, 0.5) is 13.2 Å². The molecule has 24 heavy (non-hydrogen) atoms. The van der Waals surface area contributed by atoms with Crippen LogP contribution >= 0.6 is 0 Å². The highest BCUT2D eigenvalue weighted by Gasteiger charge is 2.28. The van der Waals surface area contributed by atoms with Crippen LogP contribution in [-0.2, 0) is 6.54 Å². The Morgan fingerprint density at radius 3 is 2.62 bits per heavy atom. The predicted octanol–water partition coefficient (Wildman–Crippen LogP) is 2.36. The quantitative estimate of drug-likeness (QED) is 0.904. The second-order valence-corrected chi connectivity index (χ2v) is 5.03. The summed E-state index contributed by atoms with van der Waals surface area (Å²) in [5.41, 5.74) is 2.03. The fourth-order valence-electron chi connectivity index (χ4n) is 1.83. The Kier molecular flexibility index (Phi) is 5.32. The molecule has 2 rings (SSSR count). The van der Waals surface area contributed by atoms with E-state index in [0.717, 1.165) is 0 Å². The third-order valence-electron chi connectivity index (χ3n) is 3.03. The maximum Gasteiger partial charge on any atom is 0.422 e. The van der Waals surface area contributed by atoms with Gasteiger partial charge in [-0.05, 0) is 25.5 Å². The molecule has 0 radical (unpaired) electrons. The molecule has 0 aliphatic heterocycles. The number of aryl methyl sites for hydroxylation is 2. The third-order valence-corrected chi connectivity index (χ3v) is 3.03. The number of amides is 1. The van der Waals surface area contributed by atoms with E-state index in [0.29, 0.717) is 17.0 Å². The summed E-state index contributed by atoms with van der Waals surface area (Å²) < 4.78 is 40.9. The Hall–Kier alpha value is -2.71. The predicted molar refractivity (Wildman–Crippen MR) is 78.5 cm³/mol. The van der Waals surface area contributed by atoms with Gasteiger partial charge in [0.2, 0.25) is 5.88 Å². The summed E-state index contributed by atoms with van der Waals surface area (Å²) in [6, 6.07) is 4.43. The number of alkyl halides is 3. The van der Waals surface area contributed by atoms with Gasteiger partial charge in [-0.15, -0.1) is 0 Å². The van der Waals surface area contributed by atoms with E-state index < -0.39 is 12.8 Å². The molecular weight excluding hydrogens is 325 g/mol. The lowest BCUT2D eigenvalue weighted by molar-refractivity contribution is -0.154. The summed E-state index contributed by atoms with van der Waals surface area (Å²) in [5, 5.41) is 2.67. The van der Waals surface area contributed by atoms with Crippen molar-refractivity contribution in [2.24, 2.45) is 0 Å². The van der Waals surface area contributed by atoms with Crippen LogP contribution in [0.25, 0.3) is 0 Å². The molecule has 0 fully saturated rings. The van der Waals surface area contributed by atoms with Crippen molar-refractivity contribution in [3.05, 3.63) is 47.2 Å².